The van der Waals surface area contributed by atoms with E-state index in [-0.39, 0.29) is 16.5 Å². The molecule has 0 aliphatic heterocycles. The summed E-state index contributed by atoms with van der Waals surface area (Å²) >= 11 is 0. The second-order valence-corrected chi connectivity index (χ2v) is 8.67. The van der Waals surface area contributed by atoms with Gasteiger partial charge in [0.25, 0.3) is 5.70 Å². The summed E-state index contributed by atoms with van der Waals surface area (Å²) in [6.45, 7) is 2.09. The zero-order chi connectivity index (χ0) is 21.2. The van der Waals surface area contributed by atoms with Crippen LogP contribution in [0.25, 0.3) is 28.1 Å². The number of fused-ring (bicyclic) bond motifs is 6. The molecule has 0 saturated heterocycles. The maximum atomic E-state index is 12.6. The van der Waals surface area contributed by atoms with Crippen LogP contribution in [-0.2, 0) is 6.42 Å². The monoisotopic (exact) mass is 407 g/mol. The molecule has 1 aromatic heterocycles. The maximum Gasteiger partial charge on any atom is 0.285 e. The molecule has 4 heteroatoms. The fourth-order valence-corrected chi connectivity index (χ4v) is 5.44. The molecule has 152 valence electrons. The van der Waals surface area contributed by atoms with Crippen molar-refractivity contribution in [1.29, 1.82) is 0 Å². The molecule has 1 heterocycles. The average molecular weight is 407 g/mol. The van der Waals surface area contributed by atoms with Crippen LogP contribution in [0.1, 0.15) is 47.5 Å². The second kappa shape index (κ2) is 6.42. The molecule has 0 bridgehead atoms. The highest BCUT2D eigenvalue weighted by Crippen LogP contribution is 2.59. The number of rotatable bonds is 2. The van der Waals surface area contributed by atoms with Gasteiger partial charge >= 0.3 is 0 Å². The molecule has 3 aromatic rings. The van der Waals surface area contributed by atoms with Crippen LogP contribution >= 0.6 is 0 Å². The summed E-state index contributed by atoms with van der Waals surface area (Å²) in [5.41, 5.74) is 2.76. The number of nitro groups is 1. The molecule has 0 radical (unpaired) electrons. The third kappa shape index (κ3) is 2.48. The SMILES string of the molecule is CC12C=CC=CC1c1oc3c(c1C([N+](=O)[O-])=C2c1ccc2ccccc2c1)C=CCC3. The minimum absolute atomic E-state index is 0.0864. The average Bonchev–Trinajstić information content (AvgIpc) is 3.16. The van der Waals surface area contributed by atoms with E-state index in [2.05, 4.69) is 49.4 Å². The number of allylic oxidation sites excluding steroid dienone is 6. The molecule has 0 amide bonds. The molecular formula is C27H21NO3. The highest BCUT2D eigenvalue weighted by molar-refractivity contribution is 5.99. The maximum absolute atomic E-state index is 12.6. The zero-order valence-electron chi connectivity index (χ0n) is 17.2. The number of benzene rings is 2. The number of aryl methyl sites for hydroxylation is 1. The predicted octanol–water partition coefficient (Wildman–Crippen LogP) is 6.77. The molecule has 4 nitrogen and oxygen atoms in total. The van der Waals surface area contributed by atoms with Crippen LogP contribution in [0.5, 0.6) is 0 Å². The Labute approximate surface area is 180 Å². The van der Waals surface area contributed by atoms with E-state index < -0.39 is 5.41 Å². The summed E-state index contributed by atoms with van der Waals surface area (Å²) in [4.78, 5) is 12.4. The number of nitrogens with zero attached hydrogens (tertiary/aromatic N) is 1. The Hall–Kier alpha value is -3.66. The first-order valence-electron chi connectivity index (χ1n) is 10.6. The van der Waals surface area contributed by atoms with Crippen LogP contribution in [0, 0.1) is 15.5 Å². The Morgan fingerprint density at radius 1 is 1.13 bits per heavy atom. The lowest BCUT2D eigenvalue weighted by atomic mass is 9.61. The molecule has 2 unspecified atom stereocenters. The van der Waals surface area contributed by atoms with Crippen molar-refractivity contribution in [3.63, 3.8) is 0 Å². The molecule has 0 fully saturated rings. The van der Waals surface area contributed by atoms with E-state index in [1.807, 2.05) is 36.4 Å². The Morgan fingerprint density at radius 2 is 1.97 bits per heavy atom. The lowest BCUT2D eigenvalue weighted by Gasteiger charge is -2.39. The molecule has 2 aromatic carbocycles. The lowest BCUT2D eigenvalue weighted by molar-refractivity contribution is -0.375. The molecule has 3 aliphatic rings. The smallest absolute Gasteiger partial charge is 0.285 e. The van der Waals surface area contributed by atoms with Gasteiger partial charge in [-0.2, -0.15) is 0 Å². The van der Waals surface area contributed by atoms with E-state index in [0.29, 0.717) is 5.56 Å². The summed E-state index contributed by atoms with van der Waals surface area (Å²) in [7, 11) is 0. The molecular weight excluding hydrogens is 386 g/mol. The summed E-state index contributed by atoms with van der Waals surface area (Å²) in [6, 6.07) is 14.3. The fraction of sp³-hybridized carbons (Fsp3) is 0.185. The van der Waals surface area contributed by atoms with Crippen LogP contribution in [-0.4, -0.2) is 4.92 Å². The van der Waals surface area contributed by atoms with Crippen LogP contribution in [0.3, 0.4) is 0 Å². The third-order valence-electron chi connectivity index (χ3n) is 6.89. The van der Waals surface area contributed by atoms with Crippen LogP contribution in [0.15, 0.2) is 77.3 Å². The van der Waals surface area contributed by atoms with Crippen LogP contribution in [0.4, 0.5) is 0 Å². The van der Waals surface area contributed by atoms with Gasteiger partial charge in [0.1, 0.15) is 17.1 Å². The van der Waals surface area contributed by atoms with E-state index in [1.54, 1.807) is 0 Å². The van der Waals surface area contributed by atoms with Gasteiger partial charge < -0.3 is 4.42 Å². The van der Waals surface area contributed by atoms with Gasteiger partial charge in [0.05, 0.1) is 4.92 Å². The van der Waals surface area contributed by atoms with Crippen molar-refractivity contribution in [2.24, 2.45) is 5.41 Å². The van der Waals surface area contributed by atoms with Crippen molar-refractivity contribution >= 4 is 28.1 Å². The normalized spacial score (nSPS) is 23.6. The van der Waals surface area contributed by atoms with E-state index in [1.165, 1.54) is 0 Å². The highest BCUT2D eigenvalue weighted by atomic mass is 16.6. The third-order valence-corrected chi connectivity index (χ3v) is 6.89. The number of furan rings is 1. The Balaban J connectivity index is 1.73. The molecule has 6 rings (SSSR count). The van der Waals surface area contributed by atoms with Gasteiger partial charge in [-0.3, -0.25) is 10.1 Å². The predicted molar refractivity (Wildman–Crippen MR) is 123 cm³/mol. The second-order valence-electron chi connectivity index (χ2n) is 8.67. The molecule has 0 spiro atoms. The minimum atomic E-state index is -0.573. The zero-order valence-corrected chi connectivity index (χ0v) is 17.2. The van der Waals surface area contributed by atoms with Gasteiger partial charge in [-0.05, 0) is 28.8 Å². The fourth-order valence-electron chi connectivity index (χ4n) is 5.44. The molecule has 0 N–H and O–H groups in total. The van der Waals surface area contributed by atoms with Gasteiger partial charge in [0.15, 0.2) is 0 Å². The molecule has 2 atom stereocenters. The van der Waals surface area contributed by atoms with E-state index in [0.717, 1.165) is 51.8 Å². The van der Waals surface area contributed by atoms with E-state index in [9.17, 15) is 10.1 Å². The van der Waals surface area contributed by atoms with Crippen LogP contribution < -0.4 is 0 Å². The van der Waals surface area contributed by atoms with Gasteiger partial charge in [-0.25, -0.2) is 0 Å². The first kappa shape index (κ1) is 18.1. The Bertz CT molecular complexity index is 1380. The van der Waals surface area contributed by atoms with Crippen molar-refractivity contribution in [3.8, 4) is 0 Å². The van der Waals surface area contributed by atoms with E-state index >= 15 is 0 Å². The first-order chi connectivity index (χ1) is 15.1. The Kier molecular flexibility index (Phi) is 3.75. The van der Waals surface area contributed by atoms with Gasteiger partial charge in [-0.1, -0.05) is 79.8 Å². The summed E-state index contributed by atoms with van der Waals surface area (Å²) in [5.74, 6) is 1.49. The van der Waals surface area contributed by atoms with Gasteiger partial charge in [0.2, 0.25) is 0 Å². The van der Waals surface area contributed by atoms with Gasteiger partial charge in [0, 0.05) is 28.9 Å². The van der Waals surface area contributed by atoms with Crippen molar-refractivity contribution in [3.05, 3.63) is 111 Å². The lowest BCUT2D eigenvalue weighted by Crippen LogP contribution is -2.31. The minimum Gasteiger partial charge on any atom is -0.464 e. The molecule has 31 heavy (non-hydrogen) atoms. The van der Waals surface area contributed by atoms with Crippen LogP contribution in [0.2, 0.25) is 0 Å². The Morgan fingerprint density at radius 3 is 2.81 bits per heavy atom. The largest absolute Gasteiger partial charge is 0.464 e. The standard InChI is InChI=1S/C27H21NO3/c1-27-15-7-6-11-21(27)26-23(20-10-4-5-12-22(20)31-26)25(28(29)30)24(27)19-14-13-17-8-2-3-9-18(17)16-19/h2-4,6-11,13-16,21H,5,12H2,1H3. The molecule has 3 aliphatic carbocycles. The van der Waals surface area contributed by atoms with Crippen molar-refractivity contribution in [2.45, 2.75) is 25.7 Å². The van der Waals surface area contributed by atoms with E-state index in [4.69, 9.17) is 4.42 Å². The quantitative estimate of drug-likeness (QED) is 0.348. The highest BCUT2D eigenvalue weighted by Gasteiger charge is 2.51. The number of hydrogen-bond donors (Lipinski definition) is 0. The van der Waals surface area contributed by atoms with Gasteiger partial charge in [-0.15, -0.1) is 0 Å². The summed E-state index contributed by atoms with van der Waals surface area (Å²) in [5, 5.41) is 14.8. The topological polar surface area (TPSA) is 56.3 Å². The first-order valence-corrected chi connectivity index (χ1v) is 10.6. The molecule has 0 saturated carbocycles. The van der Waals surface area contributed by atoms with Crippen molar-refractivity contribution in [2.75, 3.05) is 0 Å². The summed E-state index contributed by atoms with van der Waals surface area (Å²) < 4.78 is 6.32. The summed E-state index contributed by atoms with van der Waals surface area (Å²) in [6.07, 6.45) is 14.0. The van der Waals surface area contributed by atoms with Crippen molar-refractivity contribution < 1.29 is 9.34 Å². The number of hydrogen-bond acceptors (Lipinski definition) is 3. The van der Waals surface area contributed by atoms with Crippen molar-refractivity contribution in [1.82, 2.24) is 0 Å².